The van der Waals surface area contributed by atoms with Gasteiger partial charge in [-0.1, -0.05) is 35.3 Å². The minimum absolute atomic E-state index is 0.754. The third-order valence-corrected chi connectivity index (χ3v) is 5.67. The molecule has 1 aliphatic heterocycles. The first-order valence-corrected chi connectivity index (χ1v) is 9.83. The van der Waals surface area contributed by atoms with Crippen LogP contribution in [0.1, 0.15) is 24.1 Å². The molecule has 3 aromatic rings. The molecule has 1 saturated heterocycles. The summed E-state index contributed by atoms with van der Waals surface area (Å²) in [6, 6.07) is 18.4. The van der Waals surface area contributed by atoms with Crippen LogP contribution in [0.5, 0.6) is 0 Å². The summed E-state index contributed by atoms with van der Waals surface area (Å²) >= 11 is 12.2. The zero-order chi connectivity index (χ0) is 18.1. The highest BCUT2D eigenvalue weighted by atomic mass is 35.5. The van der Waals surface area contributed by atoms with Crippen LogP contribution in [-0.2, 0) is 6.54 Å². The molecular formula is C22H22Cl2N2. The molecule has 0 bridgehead atoms. The minimum atomic E-state index is 0.754. The molecule has 1 aromatic heterocycles. The average Bonchev–Trinajstić information content (AvgIpc) is 3.26. The first-order chi connectivity index (χ1) is 12.6. The lowest BCUT2D eigenvalue weighted by Gasteiger charge is -2.15. The SMILES string of the molecule is Cc1c(CN2CCCC2)cc(-c2ccc(Cl)cc2)n1-c1ccc(Cl)cc1. The second-order valence-electron chi connectivity index (χ2n) is 6.94. The van der Waals surface area contributed by atoms with Crippen LogP contribution in [0.4, 0.5) is 0 Å². The first-order valence-electron chi connectivity index (χ1n) is 9.07. The van der Waals surface area contributed by atoms with Crippen LogP contribution >= 0.6 is 23.2 Å². The molecule has 0 aliphatic carbocycles. The summed E-state index contributed by atoms with van der Waals surface area (Å²) in [5, 5.41) is 1.51. The molecule has 1 aliphatic rings. The Balaban J connectivity index is 1.81. The predicted octanol–water partition coefficient (Wildman–Crippen LogP) is 6.36. The minimum Gasteiger partial charge on any atom is -0.314 e. The van der Waals surface area contributed by atoms with Gasteiger partial charge in [0.25, 0.3) is 0 Å². The summed E-state index contributed by atoms with van der Waals surface area (Å²) in [6.07, 6.45) is 2.61. The van der Waals surface area contributed by atoms with E-state index in [1.54, 1.807) is 0 Å². The van der Waals surface area contributed by atoms with Crippen molar-refractivity contribution in [3.63, 3.8) is 0 Å². The van der Waals surface area contributed by atoms with Crippen molar-refractivity contribution < 1.29 is 0 Å². The lowest BCUT2D eigenvalue weighted by Crippen LogP contribution is -2.18. The number of rotatable bonds is 4. The standard InChI is InChI=1S/C22H22Cl2N2/c1-16-18(15-25-12-2-3-13-25)14-22(17-4-6-19(23)7-5-17)26(16)21-10-8-20(24)9-11-21/h4-11,14H,2-3,12-13,15H2,1H3. The number of likely N-dealkylation sites (tertiary alicyclic amines) is 1. The number of aromatic nitrogens is 1. The molecule has 134 valence electrons. The molecule has 2 heterocycles. The van der Waals surface area contributed by atoms with E-state index in [4.69, 9.17) is 23.2 Å². The van der Waals surface area contributed by atoms with Crippen LogP contribution in [-0.4, -0.2) is 22.6 Å². The zero-order valence-electron chi connectivity index (χ0n) is 14.9. The molecular weight excluding hydrogens is 363 g/mol. The molecule has 0 N–H and O–H groups in total. The first kappa shape index (κ1) is 17.7. The van der Waals surface area contributed by atoms with Crippen LogP contribution < -0.4 is 0 Å². The third kappa shape index (κ3) is 3.55. The van der Waals surface area contributed by atoms with Crippen molar-refractivity contribution in [2.24, 2.45) is 0 Å². The quantitative estimate of drug-likeness (QED) is 0.508. The van der Waals surface area contributed by atoms with Crippen molar-refractivity contribution in [1.82, 2.24) is 9.47 Å². The summed E-state index contributed by atoms with van der Waals surface area (Å²) in [7, 11) is 0. The Morgan fingerprint density at radius 2 is 1.42 bits per heavy atom. The molecule has 1 fully saturated rings. The van der Waals surface area contributed by atoms with Gasteiger partial charge in [-0.15, -0.1) is 0 Å². The highest BCUT2D eigenvalue weighted by Gasteiger charge is 2.19. The van der Waals surface area contributed by atoms with Crippen molar-refractivity contribution >= 4 is 23.2 Å². The molecule has 0 radical (unpaired) electrons. The van der Waals surface area contributed by atoms with Crippen molar-refractivity contribution in [2.75, 3.05) is 13.1 Å². The molecule has 0 unspecified atom stereocenters. The Morgan fingerprint density at radius 3 is 2.04 bits per heavy atom. The lowest BCUT2D eigenvalue weighted by molar-refractivity contribution is 0.330. The summed E-state index contributed by atoms with van der Waals surface area (Å²) in [4.78, 5) is 2.54. The van der Waals surface area contributed by atoms with E-state index in [0.29, 0.717) is 0 Å². The normalized spacial score (nSPS) is 14.9. The van der Waals surface area contributed by atoms with Gasteiger partial charge in [-0.05, 0) is 86.4 Å². The van der Waals surface area contributed by atoms with Crippen LogP contribution in [0.25, 0.3) is 16.9 Å². The largest absolute Gasteiger partial charge is 0.314 e. The predicted molar refractivity (Wildman–Crippen MR) is 110 cm³/mol. The van der Waals surface area contributed by atoms with Gasteiger partial charge < -0.3 is 4.57 Å². The van der Waals surface area contributed by atoms with Gasteiger partial charge in [-0.3, -0.25) is 4.90 Å². The fourth-order valence-electron chi connectivity index (χ4n) is 3.76. The van der Waals surface area contributed by atoms with Gasteiger partial charge in [0, 0.05) is 28.0 Å². The number of hydrogen-bond acceptors (Lipinski definition) is 1. The van der Waals surface area contributed by atoms with Gasteiger partial charge in [-0.2, -0.15) is 0 Å². The van der Waals surface area contributed by atoms with E-state index in [-0.39, 0.29) is 0 Å². The topological polar surface area (TPSA) is 8.17 Å². The van der Waals surface area contributed by atoms with Crippen LogP contribution in [0, 0.1) is 6.92 Å². The number of halogens is 2. The molecule has 0 atom stereocenters. The van der Waals surface area contributed by atoms with Crippen LogP contribution in [0.2, 0.25) is 10.0 Å². The Bertz CT molecular complexity index is 889. The maximum atomic E-state index is 6.10. The monoisotopic (exact) mass is 384 g/mol. The van der Waals surface area contributed by atoms with E-state index < -0.39 is 0 Å². The number of benzene rings is 2. The van der Waals surface area contributed by atoms with E-state index >= 15 is 0 Å². The number of nitrogens with zero attached hydrogens (tertiary/aromatic N) is 2. The Hall–Kier alpha value is -1.74. The second kappa shape index (κ2) is 7.48. The highest BCUT2D eigenvalue weighted by Crippen LogP contribution is 2.31. The van der Waals surface area contributed by atoms with Crippen molar-refractivity contribution in [3.05, 3.63) is 75.9 Å². The van der Waals surface area contributed by atoms with E-state index in [2.05, 4.69) is 46.7 Å². The van der Waals surface area contributed by atoms with E-state index in [9.17, 15) is 0 Å². The average molecular weight is 385 g/mol. The van der Waals surface area contributed by atoms with Gasteiger partial charge in [0.05, 0.1) is 5.69 Å². The van der Waals surface area contributed by atoms with E-state index in [1.165, 1.54) is 48.4 Å². The lowest BCUT2D eigenvalue weighted by atomic mass is 10.1. The summed E-state index contributed by atoms with van der Waals surface area (Å²) in [5.41, 5.74) is 6.15. The summed E-state index contributed by atoms with van der Waals surface area (Å²) in [6.45, 7) is 5.61. The molecule has 0 spiro atoms. The third-order valence-electron chi connectivity index (χ3n) is 5.17. The summed E-state index contributed by atoms with van der Waals surface area (Å²) in [5.74, 6) is 0. The Kier molecular flexibility index (Phi) is 5.08. The molecule has 2 nitrogen and oxygen atoms in total. The van der Waals surface area contributed by atoms with E-state index in [1.807, 2.05) is 24.3 Å². The summed E-state index contributed by atoms with van der Waals surface area (Å²) < 4.78 is 2.32. The van der Waals surface area contributed by atoms with Gasteiger partial charge in [0.1, 0.15) is 0 Å². The Labute approximate surface area is 165 Å². The number of hydrogen-bond donors (Lipinski definition) is 0. The Morgan fingerprint density at radius 1 is 0.846 bits per heavy atom. The van der Waals surface area contributed by atoms with Gasteiger partial charge in [0.2, 0.25) is 0 Å². The second-order valence-corrected chi connectivity index (χ2v) is 7.82. The van der Waals surface area contributed by atoms with Crippen LogP contribution in [0.3, 0.4) is 0 Å². The molecule has 4 rings (SSSR count). The maximum Gasteiger partial charge on any atom is 0.0534 e. The molecule has 0 amide bonds. The zero-order valence-corrected chi connectivity index (χ0v) is 16.4. The van der Waals surface area contributed by atoms with Crippen molar-refractivity contribution in [3.8, 4) is 16.9 Å². The van der Waals surface area contributed by atoms with Crippen molar-refractivity contribution in [1.29, 1.82) is 0 Å². The fourth-order valence-corrected chi connectivity index (χ4v) is 4.01. The fraction of sp³-hybridized carbons (Fsp3) is 0.273. The smallest absolute Gasteiger partial charge is 0.0534 e. The van der Waals surface area contributed by atoms with Crippen molar-refractivity contribution in [2.45, 2.75) is 26.3 Å². The highest BCUT2D eigenvalue weighted by molar-refractivity contribution is 6.30. The molecule has 4 heteroatoms. The molecule has 2 aromatic carbocycles. The molecule has 0 saturated carbocycles. The van der Waals surface area contributed by atoms with Gasteiger partial charge in [0.15, 0.2) is 0 Å². The van der Waals surface area contributed by atoms with Crippen LogP contribution in [0.15, 0.2) is 54.6 Å². The van der Waals surface area contributed by atoms with E-state index in [0.717, 1.165) is 22.3 Å². The molecule has 26 heavy (non-hydrogen) atoms. The van der Waals surface area contributed by atoms with Gasteiger partial charge in [-0.25, -0.2) is 0 Å². The van der Waals surface area contributed by atoms with Gasteiger partial charge >= 0.3 is 0 Å². The maximum absolute atomic E-state index is 6.10.